The third-order valence-corrected chi connectivity index (χ3v) is 4.41. The molecule has 3 rings (SSSR count). The molecule has 6 nitrogen and oxygen atoms in total. The van der Waals surface area contributed by atoms with E-state index in [9.17, 15) is 10.1 Å². The SMILES string of the molecule is COc1ccc(/C=C(\C#N)C(=O)Sc2nc3ccccc3[nH]2)cc1OC. The van der Waals surface area contributed by atoms with Crippen LogP contribution in [0.1, 0.15) is 5.56 Å². The van der Waals surface area contributed by atoms with Gasteiger partial charge in [0.05, 0.1) is 25.3 Å². The first-order valence-corrected chi connectivity index (χ1v) is 8.47. The van der Waals surface area contributed by atoms with E-state index in [1.54, 1.807) is 25.3 Å². The molecular weight excluding hydrogens is 350 g/mol. The first-order valence-electron chi connectivity index (χ1n) is 7.65. The highest BCUT2D eigenvalue weighted by Crippen LogP contribution is 2.29. The molecule has 0 fully saturated rings. The van der Waals surface area contributed by atoms with Crippen molar-refractivity contribution in [1.29, 1.82) is 5.26 Å². The molecule has 0 spiro atoms. The van der Waals surface area contributed by atoms with E-state index in [1.165, 1.54) is 13.2 Å². The monoisotopic (exact) mass is 365 g/mol. The summed E-state index contributed by atoms with van der Waals surface area (Å²) in [6, 6.07) is 14.6. The fourth-order valence-electron chi connectivity index (χ4n) is 2.37. The number of para-hydroxylation sites is 2. The first kappa shape index (κ1) is 17.6. The van der Waals surface area contributed by atoms with Gasteiger partial charge in [0.2, 0.25) is 5.12 Å². The lowest BCUT2D eigenvalue weighted by Gasteiger charge is -2.07. The van der Waals surface area contributed by atoms with Gasteiger partial charge in [0.15, 0.2) is 16.7 Å². The molecule has 1 aromatic heterocycles. The number of carbonyl (C=O) groups is 1. The second-order valence-corrected chi connectivity index (χ2v) is 6.19. The quantitative estimate of drug-likeness (QED) is 0.420. The number of aromatic nitrogens is 2. The molecule has 1 N–H and O–H groups in total. The van der Waals surface area contributed by atoms with E-state index in [-0.39, 0.29) is 10.7 Å². The van der Waals surface area contributed by atoms with Gasteiger partial charge in [0.25, 0.3) is 0 Å². The number of thioether (sulfide) groups is 1. The minimum Gasteiger partial charge on any atom is -0.493 e. The Bertz CT molecular complexity index is 1000. The first-order chi connectivity index (χ1) is 12.6. The molecule has 7 heteroatoms. The predicted octanol–water partition coefficient (Wildman–Crippen LogP) is 3.81. The molecule has 3 aromatic rings. The minimum atomic E-state index is -0.388. The Balaban J connectivity index is 1.84. The Morgan fingerprint density at radius 2 is 1.96 bits per heavy atom. The molecule has 0 amide bonds. The number of carbonyl (C=O) groups excluding carboxylic acids is 1. The molecule has 0 aliphatic heterocycles. The standard InChI is InChI=1S/C19H15N3O3S/c1-24-16-8-7-12(10-17(16)25-2)9-13(11-20)18(23)26-19-21-14-5-3-4-6-15(14)22-19/h3-10H,1-2H3,(H,21,22)/b13-9+. The van der Waals surface area contributed by atoms with Gasteiger partial charge >= 0.3 is 0 Å². The number of benzene rings is 2. The van der Waals surface area contributed by atoms with E-state index in [2.05, 4.69) is 9.97 Å². The minimum absolute atomic E-state index is 0.0164. The Hall–Kier alpha value is -3.24. The summed E-state index contributed by atoms with van der Waals surface area (Å²) in [7, 11) is 3.07. The molecule has 2 aromatic carbocycles. The average molecular weight is 365 g/mol. The molecular formula is C19H15N3O3S. The zero-order valence-electron chi connectivity index (χ0n) is 14.1. The summed E-state index contributed by atoms with van der Waals surface area (Å²) in [5, 5.41) is 9.42. The second-order valence-electron chi connectivity index (χ2n) is 5.23. The zero-order valence-corrected chi connectivity index (χ0v) is 15.0. The Labute approximate surface area is 154 Å². The lowest BCUT2D eigenvalue weighted by Crippen LogP contribution is -1.96. The topological polar surface area (TPSA) is 88.0 Å². The van der Waals surface area contributed by atoms with Crippen molar-refractivity contribution in [1.82, 2.24) is 9.97 Å². The van der Waals surface area contributed by atoms with Crippen LogP contribution in [-0.2, 0) is 4.79 Å². The van der Waals surface area contributed by atoms with Crippen LogP contribution in [0.25, 0.3) is 17.1 Å². The van der Waals surface area contributed by atoms with Crippen molar-refractivity contribution in [2.24, 2.45) is 0 Å². The maximum atomic E-state index is 12.5. The van der Waals surface area contributed by atoms with E-state index >= 15 is 0 Å². The smallest absolute Gasteiger partial charge is 0.237 e. The molecule has 0 atom stereocenters. The van der Waals surface area contributed by atoms with Gasteiger partial charge in [-0.15, -0.1) is 0 Å². The predicted molar refractivity (Wildman–Crippen MR) is 100 cm³/mol. The number of H-pyrrole nitrogens is 1. The van der Waals surface area contributed by atoms with Gasteiger partial charge in [-0.1, -0.05) is 18.2 Å². The van der Waals surface area contributed by atoms with Gasteiger partial charge in [0, 0.05) is 0 Å². The molecule has 1 heterocycles. The van der Waals surface area contributed by atoms with Gasteiger partial charge < -0.3 is 14.5 Å². The van der Waals surface area contributed by atoms with Crippen LogP contribution in [0.15, 0.2) is 53.2 Å². The Morgan fingerprint density at radius 3 is 2.65 bits per heavy atom. The van der Waals surface area contributed by atoms with E-state index in [4.69, 9.17) is 9.47 Å². The van der Waals surface area contributed by atoms with Gasteiger partial charge in [-0.2, -0.15) is 5.26 Å². The number of fused-ring (bicyclic) bond motifs is 1. The molecule has 130 valence electrons. The number of hydrogen-bond acceptors (Lipinski definition) is 6. The molecule has 0 aliphatic carbocycles. The maximum absolute atomic E-state index is 12.5. The van der Waals surface area contributed by atoms with Gasteiger partial charge in [-0.05, 0) is 47.7 Å². The van der Waals surface area contributed by atoms with Crippen LogP contribution in [0.3, 0.4) is 0 Å². The fraction of sp³-hybridized carbons (Fsp3) is 0.105. The summed E-state index contributed by atoms with van der Waals surface area (Å²) in [4.78, 5) is 19.9. The van der Waals surface area contributed by atoms with Crippen LogP contribution in [0.4, 0.5) is 0 Å². The molecule has 0 saturated carbocycles. The number of nitrogens with one attached hydrogen (secondary N) is 1. The molecule has 26 heavy (non-hydrogen) atoms. The maximum Gasteiger partial charge on any atom is 0.237 e. The van der Waals surface area contributed by atoms with E-state index in [0.717, 1.165) is 22.8 Å². The number of hydrogen-bond donors (Lipinski definition) is 1. The largest absolute Gasteiger partial charge is 0.493 e. The van der Waals surface area contributed by atoms with Crippen molar-refractivity contribution in [2.75, 3.05) is 14.2 Å². The summed E-state index contributed by atoms with van der Waals surface area (Å²) < 4.78 is 10.4. The van der Waals surface area contributed by atoms with Gasteiger partial charge in [-0.3, -0.25) is 4.79 Å². The third kappa shape index (κ3) is 3.71. The van der Waals surface area contributed by atoms with Crippen molar-refractivity contribution in [3.63, 3.8) is 0 Å². The number of rotatable bonds is 5. The lowest BCUT2D eigenvalue weighted by molar-refractivity contribution is -0.107. The summed E-state index contributed by atoms with van der Waals surface area (Å²) >= 11 is 0.887. The number of aromatic amines is 1. The second kappa shape index (κ2) is 7.76. The van der Waals surface area contributed by atoms with E-state index < -0.39 is 0 Å². The van der Waals surface area contributed by atoms with Crippen molar-refractivity contribution < 1.29 is 14.3 Å². The molecule has 0 bridgehead atoms. The van der Waals surface area contributed by atoms with Crippen molar-refractivity contribution in [3.8, 4) is 17.6 Å². The molecule has 0 saturated heterocycles. The number of methoxy groups -OCH3 is 2. The summed E-state index contributed by atoms with van der Waals surface area (Å²) in [5.41, 5.74) is 2.29. The van der Waals surface area contributed by atoms with Crippen LogP contribution >= 0.6 is 11.8 Å². The highest BCUT2D eigenvalue weighted by atomic mass is 32.2. The van der Waals surface area contributed by atoms with Gasteiger partial charge in [-0.25, -0.2) is 4.98 Å². The van der Waals surface area contributed by atoms with Gasteiger partial charge in [0.1, 0.15) is 11.6 Å². The Morgan fingerprint density at radius 1 is 1.19 bits per heavy atom. The van der Waals surface area contributed by atoms with Crippen LogP contribution in [0.5, 0.6) is 11.5 Å². The Kier molecular flexibility index (Phi) is 5.25. The number of imidazole rings is 1. The number of nitriles is 1. The average Bonchev–Trinajstić information content (AvgIpc) is 3.07. The molecule has 0 unspecified atom stereocenters. The van der Waals surface area contributed by atoms with Crippen molar-refractivity contribution >= 4 is 34.0 Å². The van der Waals surface area contributed by atoms with Crippen LogP contribution in [-0.4, -0.2) is 29.3 Å². The molecule has 0 radical (unpaired) electrons. The normalized spacial score (nSPS) is 11.2. The number of nitrogens with zero attached hydrogens (tertiary/aromatic N) is 2. The molecule has 0 aliphatic rings. The summed E-state index contributed by atoms with van der Waals surface area (Å²) in [6.45, 7) is 0. The fourth-order valence-corrected chi connectivity index (χ4v) is 3.06. The summed E-state index contributed by atoms with van der Waals surface area (Å²) in [6.07, 6.45) is 1.51. The van der Waals surface area contributed by atoms with Crippen molar-refractivity contribution in [2.45, 2.75) is 5.16 Å². The highest BCUT2D eigenvalue weighted by Gasteiger charge is 2.15. The lowest BCUT2D eigenvalue weighted by atomic mass is 10.1. The van der Waals surface area contributed by atoms with Crippen LogP contribution in [0, 0.1) is 11.3 Å². The van der Waals surface area contributed by atoms with E-state index in [0.29, 0.717) is 22.2 Å². The zero-order chi connectivity index (χ0) is 18.5. The van der Waals surface area contributed by atoms with E-state index in [1.807, 2.05) is 30.3 Å². The van der Waals surface area contributed by atoms with Crippen LogP contribution < -0.4 is 9.47 Å². The third-order valence-electron chi connectivity index (χ3n) is 3.62. The number of ether oxygens (including phenoxy) is 2. The van der Waals surface area contributed by atoms with Crippen LogP contribution in [0.2, 0.25) is 0 Å². The highest BCUT2D eigenvalue weighted by molar-refractivity contribution is 8.14. The van der Waals surface area contributed by atoms with Crippen molar-refractivity contribution in [3.05, 3.63) is 53.6 Å². The summed E-state index contributed by atoms with van der Waals surface area (Å²) in [5.74, 6) is 1.10.